The Bertz CT molecular complexity index is 358. The number of carboxylic acids is 1. The van der Waals surface area contributed by atoms with Crippen LogP contribution in [0.1, 0.15) is 13.8 Å². The standard InChI is InChI=1S/C12H20N2O6/c1-8(4-5-14-19-7-11(17)18)12(20-9(2)16)10(6-15)13-3/h4-6,8,10,12-14H,7H2,1-3H3,(H,17,18)/b5-4-/t8-,10-,12-/m1/s1. The number of aldehydes is 1. The second-order valence-electron chi connectivity index (χ2n) is 4.04. The zero-order chi connectivity index (χ0) is 15.5. The van der Waals surface area contributed by atoms with Crippen LogP contribution in [0.3, 0.4) is 0 Å². The second-order valence-corrected chi connectivity index (χ2v) is 4.04. The Kier molecular flexibility index (Phi) is 8.97. The van der Waals surface area contributed by atoms with Gasteiger partial charge in [0.1, 0.15) is 18.4 Å². The Morgan fingerprint density at radius 1 is 1.40 bits per heavy atom. The van der Waals surface area contributed by atoms with Crippen LogP contribution in [-0.4, -0.2) is 49.1 Å². The van der Waals surface area contributed by atoms with Gasteiger partial charge in [0.2, 0.25) is 0 Å². The van der Waals surface area contributed by atoms with Crippen LogP contribution in [0.5, 0.6) is 0 Å². The molecule has 20 heavy (non-hydrogen) atoms. The predicted octanol–water partition coefficient (Wildman–Crippen LogP) is -0.539. The highest BCUT2D eigenvalue weighted by Crippen LogP contribution is 2.13. The number of ether oxygens (including phenoxy) is 1. The van der Waals surface area contributed by atoms with Gasteiger partial charge in [-0.05, 0) is 7.05 Å². The van der Waals surface area contributed by atoms with E-state index in [0.29, 0.717) is 6.29 Å². The van der Waals surface area contributed by atoms with Crippen LogP contribution >= 0.6 is 0 Å². The largest absolute Gasteiger partial charge is 0.479 e. The first-order valence-corrected chi connectivity index (χ1v) is 5.98. The van der Waals surface area contributed by atoms with E-state index in [9.17, 15) is 14.4 Å². The molecule has 0 unspecified atom stereocenters. The molecule has 8 nitrogen and oxygen atoms in total. The first kappa shape index (κ1) is 18.1. The number of carboxylic acid groups (broad SMARTS) is 1. The fourth-order valence-electron chi connectivity index (χ4n) is 1.46. The Morgan fingerprint density at radius 2 is 2.05 bits per heavy atom. The first-order chi connectivity index (χ1) is 9.42. The van der Waals surface area contributed by atoms with Crippen LogP contribution in [0.15, 0.2) is 12.3 Å². The van der Waals surface area contributed by atoms with Crippen LogP contribution in [0.25, 0.3) is 0 Å². The molecular formula is C12H20N2O6. The lowest BCUT2D eigenvalue weighted by Crippen LogP contribution is -2.44. The smallest absolute Gasteiger partial charge is 0.332 e. The number of aliphatic carboxylic acids is 1. The van der Waals surface area contributed by atoms with Gasteiger partial charge >= 0.3 is 11.9 Å². The highest BCUT2D eigenvalue weighted by molar-refractivity contribution is 5.68. The molecule has 3 atom stereocenters. The third-order valence-electron chi connectivity index (χ3n) is 2.40. The summed E-state index contributed by atoms with van der Waals surface area (Å²) in [5.74, 6) is -1.89. The zero-order valence-corrected chi connectivity index (χ0v) is 11.7. The number of hydroxylamine groups is 1. The Morgan fingerprint density at radius 3 is 2.50 bits per heavy atom. The van der Waals surface area contributed by atoms with E-state index in [1.54, 1.807) is 20.0 Å². The lowest BCUT2D eigenvalue weighted by atomic mass is 9.98. The van der Waals surface area contributed by atoms with E-state index < -0.39 is 30.7 Å². The molecule has 0 saturated heterocycles. The van der Waals surface area contributed by atoms with Crippen molar-refractivity contribution in [2.24, 2.45) is 5.92 Å². The minimum Gasteiger partial charge on any atom is -0.479 e. The van der Waals surface area contributed by atoms with Gasteiger partial charge < -0.3 is 20.0 Å². The molecule has 0 aliphatic heterocycles. The summed E-state index contributed by atoms with van der Waals surface area (Å²) in [4.78, 5) is 36.8. The van der Waals surface area contributed by atoms with Crippen molar-refractivity contribution in [3.63, 3.8) is 0 Å². The van der Waals surface area contributed by atoms with Crippen molar-refractivity contribution in [3.8, 4) is 0 Å². The van der Waals surface area contributed by atoms with Crippen molar-refractivity contribution in [1.29, 1.82) is 0 Å². The molecule has 0 radical (unpaired) electrons. The van der Waals surface area contributed by atoms with E-state index in [4.69, 9.17) is 9.84 Å². The van der Waals surface area contributed by atoms with Gasteiger partial charge in [-0.2, -0.15) is 0 Å². The summed E-state index contributed by atoms with van der Waals surface area (Å²) < 4.78 is 5.10. The van der Waals surface area contributed by atoms with Crippen LogP contribution in [0, 0.1) is 5.92 Å². The molecular weight excluding hydrogens is 268 g/mol. The van der Waals surface area contributed by atoms with Crippen molar-refractivity contribution in [3.05, 3.63) is 12.3 Å². The van der Waals surface area contributed by atoms with Gasteiger partial charge in [-0.1, -0.05) is 13.0 Å². The molecule has 0 rings (SSSR count). The maximum absolute atomic E-state index is 11.1. The molecule has 0 heterocycles. The van der Waals surface area contributed by atoms with Crippen molar-refractivity contribution >= 4 is 18.2 Å². The molecule has 114 valence electrons. The van der Waals surface area contributed by atoms with Gasteiger partial charge in [0.05, 0.1) is 0 Å². The van der Waals surface area contributed by atoms with Gasteiger partial charge in [0.15, 0.2) is 6.61 Å². The summed E-state index contributed by atoms with van der Waals surface area (Å²) in [5.41, 5.74) is 2.32. The van der Waals surface area contributed by atoms with E-state index in [-0.39, 0.29) is 5.92 Å². The van der Waals surface area contributed by atoms with E-state index in [2.05, 4.69) is 15.6 Å². The molecule has 8 heteroatoms. The summed E-state index contributed by atoms with van der Waals surface area (Å²) in [6.07, 6.45) is 2.96. The van der Waals surface area contributed by atoms with Gasteiger partial charge in [-0.15, -0.1) is 0 Å². The summed E-state index contributed by atoms with van der Waals surface area (Å²) in [6.45, 7) is 2.52. The van der Waals surface area contributed by atoms with Crippen LogP contribution < -0.4 is 10.8 Å². The average molecular weight is 288 g/mol. The maximum Gasteiger partial charge on any atom is 0.332 e. The molecule has 0 aliphatic carbocycles. The van der Waals surface area contributed by atoms with Crippen molar-refractivity contribution < 1.29 is 29.1 Å². The zero-order valence-electron chi connectivity index (χ0n) is 11.7. The molecule has 0 spiro atoms. The quantitative estimate of drug-likeness (QED) is 0.212. The lowest BCUT2D eigenvalue weighted by Gasteiger charge is -2.26. The van der Waals surface area contributed by atoms with E-state index in [1.165, 1.54) is 13.1 Å². The molecule has 3 N–H and O–H groups in total. The molecule has 0 aliphatic rings. The van der Waals surface area contributed by atoms with E-state index in [1.807, 2.05) is 0 Å². The fraction of sp³-hybridized carbons (Fsp3) is 0.583. The Hall–Kier alpha value is -1.93. The van der Waals surface area contributed by atoms with Crippen molar-refractivity contribution in [1.82, 2.24) is 10.8 Å². The number of rotatable bonds is 10. The Balaban J connectivity index is 4.49. The van der Waals surface area contributed by atoms with Gasteiger partial charge in [-0.3, -0.25) is 15.1 Å². The van der Waals surface area contributed by atoms with E-state index in [0.717, 1.165) is 0 Å². The third-order valence-corrected chi connectivity index (χ3v) is 2.40. The molecule has 0 aromatic carbocycles. The topological polar surface area (TPSA) is 114 Å². The maximum atomic E-state index is 11.1. The third kappa shape index (κ3) is 7.49. The molecule has 0 saturated carbocycles. The fourth-order valence-corrected chi connectivity index (χ4v) is 1.46. The number of carbonyl (C=O) groups excluding carboxylic acids is 2. The normalized spacial score (nSPS) is 15.3. The highest BCUT2D eigenvalue weighted by Gasteiger charge is 2.27. The van der Waals surface area contributed by atoms with E-state index >= 15 is 0 Å². The minimum atomic E-state index is -1.10. The summed E-state index contributed by atoms with van der Waals surface area (Å²) in [5, 5.41) is 11.1. The monoisotopic (exact) mass is 288 g/mol. The molecule has 0 amide bonds. The number of carbonyl (C=O) groups is 3. The predicted molar refractivity (Wildman–Crippen MR) is 69.5 cm³/mol. The van der Waals surface area contributed by atoms with Crippen LogP contribution in [-0.2, 0) is 24.0 Å². The summed E-state index contributed by atoms with van der Waals surface area (Å²) >= 11 is 0. The highest BCUT2D eigenvalue weighted by atomic mass is 16.7. The summed E-state index contributed by atoms with van der Waals surface area (Å²) in [6, 6.07) is -0.640. The Labute approximate surface area is 117 Å². The number of esters is 1. The lowest BCUT2D eigenvalue weighted by molar-refractivity contribution is -0.150. The van der Waals surface area contributed by atoms with Gasteiger partial charge in [0.25, 0.3) is 0 Å². The van der Waals surface area contributed by atoms with Crippen LogP contribution in [0.2, 0.25) is 0 Å². The first-order valence-electron chi connectivity index (χ1n) is 5.98. The summed E-state index contributed by atoms with van der Waals surface area (Å²) in [7, 11) is 1.58. The van der Waals surface area contributed by atoms with Gasteiger partial charge in [-0.25, -0.2) is 4.79 Å². The molecule has 0 bridgehead atoms. The van der Waals surface area contributed by atoms with Gasteiger partial charge in [0, 0.05) is 19.0 Å². The molecule has 0 aromatic heterocycles. The second kappa shape index (κ2) is 9.93. The molecule has 0 aromatic rings. The SMILES string of the molecule is CN[C@H](C=O)[C@H](OC(C)=O)[C@H](C)/C=C\NOCC(=O)O. The van der Waals surface area contributed by atoms with Crippen LogP contribution in [0.4, 0.5) is 0 Å². The minimum absolute atomic E-state index is 0.289. The van der Waals surface area contributed by atoms with Crippen molar-refractivity contribution in [2.45, 2.75) is 26.0 Å². The molecule has 0 fully saturated rings. The number of likely N-dealkylation sites (N-methyl/N-ethyl adjacent to an activating group) is 1. The van der Waals surface area contributed by atoms with Crippen molar-refractivity contribution in [2.75, 3.05) is 13.7 Å². The number of hydrogen-bond donors (Lipinski definition) is 3. The average Bonchev–Trinajstić information content (AvgIpc) is 2.37. The number of hydrogen-bond acceptors (Lipinski definition) is 7. The number of nitrogens with one attached hydrogen (secondary N) is 2.